The Bertz CT molecular complexity index is 567. The molecule has 0 spiro atoms. The lowest BCUT2D eigenvalue weighted by Crippen LogP contribution is -2.27. The van der Waals surface area contributed by atoms with E-state index in [1.807, 2.05) is 31.2 Å². The molecule has 0 fully saturated rings. The number of aromatic nitrogens is 1. The molecule has 0 bridgehead atoms. The highest BCUT2D eigenvalue weighted by Gasteiger charge is 2.10. The van der Waals surface area contributed by atoms with Crippen molar-refractivity contribution in [2.75, 3.05) is 12.8 Å². The lowest BCUT2D eigenvalue weighted by atomic mass is 10.2. The summed E-state index contributed by atoms with van der Waals surface area (Å²) in [7, 11) is -0.794. The zero-order chi connectivity index (χ0) is 13.1. The Morgan fingerprint density at radius 2 is 2.17 bits per heavy atom. The van der Waals surface area contributed by atoms with Crippen molar-refractivity contribution in [3.63, 3.8) is 0 Å². The molecule has 1 aromatic carbocycles. The molecule has 0 saturated heterocycles. The van der Waals surface area contributed by atoms with Gasteiger partial charge in [-0.3, -0.25) is 4.21 Å². The normalized spacial score (nSPS) is 14.8. The van der Waals surface area contributed by atoms with Crippen LogP contribution in [0.1, 0.15) is 12.6 Å². The molecule has 2 N–H and O–H groups in total. The number of nitrogens with one attached hydrogen (secondary N) is 2. The third-order valence-corrected chi connectivity index (χ3v) is 4.75. The van der Waals surface area contributed by atoms with Crippen molar-refractivity contribution in [3.05, 3.63) is 35.0 Å². The minimum Gasteiger partial charge on any atom is -0.356 e. The van der Waals surface area contributed by atoms with E-state index in [4.69, 9.17) is 11.6 Å². The smallest absolute Gasteiger partial charge is 0.0705 e. The maximum absolute atomic E-state index is 11.2. The lowest BCUT2D eigenvalue weighted by molar-refractivity contribution is 0.643. The minimum atomic E-state index is -0.794. The molecule has 2 rings (SSSR count). The molecule has 0 aliphatic heterocycles. The van der Waals surface area contributed by atoms with Gasteiger partial charge in [-0.1, -0.05) is 29.8 Å². The summed E-state index contributed by atoms with van der Waals surface area (Å²) >= 11 is 6.30. The summed E-state index contributed by atoms with van der Waals surface area (Å²) in [5, 5.41) is 5.23. The van der Waals surface area contributed by atoms with Gasteiger partial charge in [0.2, 0.25) is 0 Å². The summed E-state index contributed by atoms with van der Waals surface area (Å²) in [6, 6.07) is 7.96. The highest BCUT2D eigenvalue weighted by atomic mass is 35.5. The Labute approximate surface area is 114 Å². The van der Waals surface area contributed by atoms with Crippen molar-refractivity contribution in [2.45, 2.75) is 18.7 Å². The van der Waals surface area contributed by atoms with Gasteiger partial charge in [-0.25, -0.2) is 0 Å². The number of aromatic amines is 1. The summed E-state index contributed by atoms with van der Waals surface area (Å²) in [6.45, 7) is 3.35. The second-order valence-electron chi connectivity index (χ2n) is 4.40. The van der Waals surface area contributed by atoms with Gasteiger partial charge in [-0.05, 0) is 13.0 Å². The third-order valence-electron chi connectivity index (χ3n) is 3.01. The summed E-state index contributed by atoms with van der Waals surface area (Å²) in [5.41, 5.74) is 2.03. The number of fused-ring (bicyclic) bond motifs is 1. The summed E-state index contributed by atoms with van der Waals surface area (Å²) in [5.74, 6) is 0. The van der Waals surface area contributed by atoms with Gasteiger partial charge in [0, 0.05) is 52.0 Å². The van der Waals surface area contributed by atoms with Gasteiger partial charge in [-0.15, -0.1) is 0 Å². The summed E-state index contributed by atoms with van der Waals surface area (Å²) in [4.78, 5) is 3.30. The summed E-state index contributed by atoms with van der Waals surface area (Å²) < 4.78 is 11.2. The second kappa shape index (κ2) is 5.87. The van der Waals surface area contributed by atoms with Crippen LogP contribution in [-0.2, 0) is 17.3 Å². The molecule has 5 heteroatoms. The molecule has 2 unspecified atom stereocenters. The molecule has 98 valence electrons. The van der Waals surface area contributed by atoms with Crippen LogP contribution in [0.3, 0.4) is 0 Å². The number of para-hydroxylation sites is 1. The van der Waals surface area contributed by atoms with Gasteiger partial charge < -0.3 is 10.3 Å². The van der Waals surface area contributed by atoms with E-state index in [0.29, 0.717) is 6.54 Å². The van der Waals surface area contributed by atoms with Gasteiger partial charge >= 0.3 is 0 Å². The fourth-order valence-corrected chi connectivity index (χ4v) is 2.43. The second-order valence-corrected chi connectivity index (χ2v) is 6.58. The van der Waals surface area contributed by atoms with Crippen LogP contribution in [0.4, 0.5) is 0 Å². The van der Waals surface area contributed by atoms with Crippen molar-refractivity contribution in [1.82, 2.24) is 10.3 Å². The van der Waals surface area contributed by atoms with Gasteiger partial charge in [0.15, 0.2) is 0 Å². The highest BCUT2D eigenvalue weighted by Crippen LogP contribution is 2.26. The number of halogens is 1. The van der Waals surface area contributed by atoms with Gasteiger partial charge in [0.05, 0.1) is 5.02 Å². The van der Waals surface area contributed by atoms with Crippen molar-refractivity contribution in [2.24, 2.45) is 0 Å². The van der Waals surface area contributed by atoms with Crippen LogP contribution in [-0.4, -0.2) is 27.2 Å². The molecular weight excluding hydrogens is 268 g/mol. The van der Waals surface area contributed by atoms with E-state index in [2.05, 4.69) is 10.3 Å². The maximum Gasteiger partial charge on any atom is 0.0705 e. The van der Waals surface area contributed by atoms with Gasteiger partial charge in [0.25, 0.3) is 0 Å². The van der Waals surface area contributed by atoms with E-state index in [9.17, 15) is 4.21 Å². The van der Waals surface area contributed by atoms with Crippen LogP contribution in [0.2, 0.25) is 5.02 Å². The van der Waals surface area contributed by atoms with Crippen LogP contribution in [0.15, 0.2) is 24.3 Å². The third kappa shape index (κ3) is 2.94. The fourth-order valence-electron chi connectivity index (χ4n) is 1.80. The van der Waals surface area contributed by atoms with E-state index >= 15 is 0 Å². The molecule has 0 radical (unpaired) electrons. The van der Waals surface area contributed by atoms with Crippen LogP contribution in [0.5, 0.6) is 0 Å². The molecule has 0 amide bonds. The molecule has 2 aromatic rings. The Hall–Kier alpha value is -0.840. The first-order chi connectivity index (χ1) is 8.59. The number of benzene rings is 1. The van der Waals surface area contributed by atoms with E-state index in [1.165, 1.54) is 0 Å². The van der Waals surface area contributed by atoms with Crippen LogP contribution >= 0.6 is 11.6 Å². The molecule has 0 saturated carbocycles. The predicted molar refractivity (Wildman–Crippen MR) is 78.5 cm³/mol. The Balaban J connectivity index is 2.04. The Kier molecular flexibility index (Phi) is 4.43. The number of rotatable bonds is 5. The van der Waals surface area contributed by atoms with Crippen LogP contribution in [0, 0.1) is 0 Å². The van der Waals surface area contributed by atoms with E-state index in [-0.39, 0.29) is 5.25 Å². The molecule has 18 heavy (non-hydrogen) atoms. The van der Waals surface area contributed by atoms with E-state index < -0.39 is 10.8 Å². The zero-order valence-corrected chi connectivity index (χ0v) is 12.1. The van der Waals surface area contributed by atoms with Crippen molar-refractivity contribution in [3.8, 4) is 0 Å². The quantitative estimate of drug-likeness (QED) is 0.887. The highest BCUT2D eigenvalue weighted by molar-refractivity contribution is 7.84. The SMILES string of the molecule is CC(CNCc1[nH]c2ccccc2c1Cl)S(C)=O. The first kappa shape index (κ1) is 13.6. The minimum absolute atomic E-state index is 0.146. The predicted octanol–water partition coefficient (Wildman–Crippen LogP) is 2.68. The molecule has 0 aliphatic rings. The van der Waals surface area contributed by atoms with Crippen LogP contribution in [0.25, 0.3) is 10.9 Å². The topological polar surface area (TPSA) is 44.9 Å². The Morgan fingerprint density at radius 3 is 2.83 bits per heavy atom. The molecule has 1 heterocycles. The molecular formula is C13H17ClN2OS. The average Bonchev–Trinajstić information content (AvgIpc) is 2.67. The van der Waals surface area contributed by atoms with Crippen LogP contribution < -0.4 is 5.32 Å². The Morgan fingerprint density at radius 1 is 1.44 bits per heavy atom. The molecule has 3 nitrogen and oxygen atoms in total. The molecule has 1 aromatic heterocycles. The summed E-state index contributed by atoms with van der Waals surface area (Å²) in [6.07, 6.45) is 1.72. The van der Waals surface area contributed by atoms with Gasteiger partial charge in [-0.2, -0.15) is 0 Å². The number of hydrogen-bond donors (Lipinski definition) is 2. The first-order valence-corrected chi connectivity index (χ1v) is 7.87. The molecule has 2 atom stereocenters. The van der Waals surface area contributed by atoms with Crippen molar-refractivity contribution < 1.29 is 4.21 Å². The van der Waals surface area contributed by atoms with E-state index in [0.717, 1.165) is 28.2 Å². The monoisotopic (exact) mass is 284 g/mol. The standard InChI is InChI=1S/C13H17ClN2OS/c1-9(18(2)17)7-15-8-12-13(14)10-5-3-4-6-11(10)16-12/h3-6,9,15-16H,7-8H2,1-2H3. The lowest BCUT2D eigenvalue weighted by Gasteiger charge is -2.09. The number of hydrogen-bond acceptors (Lipinski definition) is 2. The largest absolute Gasteiger partial charge is 0.356 e. The fraction of sp³-hybridized carbons (Fsp3) is 0.385. The average molecular weight is 285 g/mol. The molecule has 0 aliphatic carbocycles. The number of H-pyrrole nitrogens is 1. The zero-order valence-electron chi connectivity index (χ0n) is 10.5. The van der Waals surface area contributed by atoms with Crippen molar-refractivity contribution >= 4 is 33.3 Å². The maximum atomic E-state index is 11.2. The van der Waals surface area contributed by atoms with Gasteiger partial charge in [0.1, 0.15) is 0 Å². The van der Waals surface area contributed by atoms with Crippen molar-refractivity contribution in [1.29, 1.82) is 0 Å². The van der Waals surface area contributed by atoms with E-state index in [1.54, 1.807) is 6.26 Å². The first-order valence-electron chi connectivity index (χ1n) is 5.87.